The maximum absolute atomic E-state index is 12.9. The molecule has 7 heteroatoms. The molecule has 2 amide bonds. The summed E-state index contributed by atoms with van der Waals surface area (Å²) < 4.78 is 5.50. The van der Waals surface area contributed by atoms with Gasteiger partial charge in [-0.3, -0.25) is 14.5 Å². The molecule has 6 nitrogen and oxygen atoms in total. The van der Waals surface area contributed by atoms with Crippen LogP contribution in [0.15, 0.2) is 12.1 Å². The van der Waals surface area contributed by atoms with Gasteiger partial charge in [0, 0.05) is 61.9 Å². The first-order chi connectivity index (χ1) is 15.8. The van der Waals surface area contributed by atoms with Crippen molar-refractivity contribution in [2.75, 3.05) is 38.2 Å². The first-order valence-electron chi connectivity index (χ1n) is 12.5. The minimum Gasteiger partial charge on any atom is -0.381 e. The van der Waals surface area contributed by atoms with Gasteiger partial charge in [-0.1, -0.05) is 31.4 Å². The van der Waals surface area contributed by atoms with E-state index in [2.05, 4.69) is 29.0 Å². The predicted molar refractivity (Wildman–Crippen MR) is 131 cm³/mol. The van der Waals surface area contributed by atoms with Crippen LogP contribution in [0.4, 0.5) is 5.69 Å². The summed E-state index contributed by atoms with van der Waals surface area (Å²) in [6, 6.07) is 4.05. The number of carbonyl (C=O) groups excluding carboxylic acids is 2. The van der Waals surface area contributed by atoms with Crippen LogP contribution in [0.5, 0.6) is 0 Å². The van der Waals surface area contributed by atoms with Gasteiger partial charge in [-0.25, -0.2) is 0 Å². The van der Waals surface area contributed by atoms with E-state index in [1.54, 1.807) is 0 Å². The number of nitrogens with one attached hydrogen (secondary N) is 1. The molecule has 3 unspecified atom stereocenters. The lowest BCUT2D eigenvalue weighted by Gasteiger charge is -2.41. The molecule has 2 heterocycles. The molecule has 2 saturated heterocycles. The van der Waals surface area contributed by atoms with Gasteiger partial charge in [-0.2, -0.15) is 0 Å². The summed E-state index contributed by atoms with van der Waals surface area (Å²) in [4.78, 5) is 30.1. The molecule has 33 heavy (non-hydrogen) atoms. The Labute approximate surface area is 203 Å². The van der Waals surface area contributed by atoms with Gasteiger partial charge in [-0.15, -0.1) is 0 Å². The first-order valence-corrected chi connectivity index (χ1v) is 12.9. The monoisotopic (exact) mass is 475 g/mol. The van der Waals surface area contributed by atoms with Gasteiger partial charge in [0.25, 0.3) is 0 Å². The number of ether oxygens (including phenoxy) is 1. The van der Waals surface area contributed by atoms with Crippen molar-refractivity contribution in [3.8, 4) is 0 Å². The summed E-state index contributed by atoms with van der Waals surface area (Å²) in [6.07, 6.45) is 4.94. The number of halogens is 1. The van der Waals surface area contributed by atoms with Crippen LogP contribution in [0.25, 0.3) is 0 Å². The van der Waals surface area contributed by atoms with E-state index in [1.165, 1.54) is 12.8 Å². The van der Waals surface area contributed by atoms with E-state index in [4.69, 9.17) is 16.3 Å². The molecule has 182 valence electrons. The number of carbonyl (C=O) groups is 2. The lowest BCUT2D eigenvalue weighted by atomic mass is 9.94. The van der Waals surface area contributed by atoms with E-state index < -0.39 is 0 Å². The van der Waals surface area contributed by atoms with Gasteiger partial charge in [0.05, 0.1) is 6.61 Å². The fraction of sp³-hybridized carbons (Fsp3) is 0.692. The third-order valence-corrected chi connectivity index (χ3v) is 8.03. The Bertz CT molecular complexity index is 871. The molecule has 2 aliphatic heterocycles. The van der Waals surface area contributed by atoms with E-state index in [9.17, 15) is 9.59 Å². The van der Waals surface area contributed by atoms with Gasteiger partial charge in [0.2, 0.25) is 11.8 Å². The largest absolute Gasteiger partial charge is 0.381 e. The lowest BCUT2D eigenvalue weighted by Crippen LogP contribution is -2.54. The Balaban J connectivity index is 1.36. The van der Waals surface area contributed by atoms with Crippen LogP contribution in [0.1, 0.15) is 57.1 Å². The maximum Gasteiger partial charge on any atom is 0.226 e. The van der Waals surface area contributed by atoms with Crippen molar-refractivity contribution in [1.29, 1.82) is 0 Å². The smallest absolute Gasteiger partial charge is 0.226 e. The molecule has 0 bridgehead atoms. The molecule has 0 radical (unpaired) electrons. The van der Waals surface area contributed by atoms with E-state index >= 15 is 0 Å². The number of amides is 2. The predicted octanol–water partition coefficient (Wildman–Crippen LogP) is 4.48. The number of benzene rings is 1. The second kappa shape index (κ2) is 10.7. The zero-order chi connectivity index (χ0) is 23.5. The van der Waals surface area contributed by atoms with Crippen molar-refractivity contribution in [1.82, 2.24) is 9.80 Å². The second-order valence-corrected chi connectivity index (χ2v) is 10.8. The molecule has 1 aromatic carbocycles. The number of anilines is 1. The molecule has 4 rings (SSSR count). The maximum atomic E-state index is 12.9. The van der Waals surface area contributed by atoms with Gasteiger partial charge >= 0.3 is 0 Å². The highest BCUT2D eigenvalue weighted by atomic mass is 35.5. The third-order valence-electron chi connectivity index (χ3n) is 7.81. The highest BCUT2D eigenvalue weighted by molar-refractivity contribution is 6.31. The van der Waals surface area contributed by atoms with Crippen LogP contribution in [-0.2, 0) is 20.9 Å². The Kier molecular flexibility index (Phi) is 7.98. The molecule has 1 saturated carbocycles. The van der Waals surface area contributed by atoms with Crippen LogP contribution in [0, 0.1) is 24.7 Å². The fourth-order valence-electron chi connectivity index (χ4n) is 5.59. The third kappa shape index (κ3) is 5.90. The SMILES string of the molecule is Cc1c(CN2CCN(C(=O)C3CCCC3)C(C)C2)cc(Cl)cc1NC(=O)CC1COCC1C. The molecule has 3 fully saturated rings. The van der Waals surface area contributed by atoms with Crippen LogP contribution in [0.2, 0.25) is 5.02 Å². The van der Waals surface area contributed by atoms with Crippen molar-refractivity contribution < 1.29 is 14.3 Å². The van der Waals surface area contributed by atoms with E-state index in [0.717, 1.165) is 62.4 Å². The highest BCUT2D eigenvalue weighted by Gasteiger charge is 2.33. The summed E-state index contributed by atoms with van der Waals surface area (Å²) >= 11 is 6.44. The van der Waals surface area contributed by atoms with Crippen molar-refractivity contribution >= 4 is 29.1 Å². The van der Waals surface area contributed by atoms with Gasteiger partial charge < -0.3 is 15.0 Å². The molecule has 1 aromatic rings. The Hall–Kier alpha value is -1.63. The van der Waals surface area contributed by atoms with Crippen LogP contribution in [0.3, 0.4) is 0 Å². The molecule has 0 aromatic heterocycles. The topological polar surface area (TPSA) is 61.9 Å². The molecular formula is C26H38ClN3O3. The quantitative estimate of drug-likeness (QED) is 0.658. The van der Waals surface area contributed by atoms with Gasteiger partial charge in [0.1, 0.15) is 0 Å². The number of nitrogens with zero attached hydrogens (tertiary/aromatic N) is 2. The fourth-order valence-corrected chi connectivity index (χ4v) is 5.83. The zero-order valence-electron chi connectivity index (χ0n) is 20.2. The summed E-state index contributed by atoms with van der Waals surface area (Å²) in [5.74, 6) is 1.28. The van der Waals surface area contributed by atoms with Crippen LogP contribution in [-0.4, -0.2) is 60.5 Å². The molecule has 3 atom stereocenters. The van der Waals surface area contributed by atoms with Gasteiger partial charge in [-0.05, 0) is 61.8 Å². The Morgan fingerprint density at radius 1 is 1.15 bits per heavy atom. The molecule has 0 spiro atoms. The normalized spacial score (nSPS) is 26.7. The van der Waals surface area contributed by atoms with E-state index in [0.29, 0.717) is 29.9 Å². The molecular weight excluding hydrogens is 438 g/mol. The standard InChI is InChI=1S/C26H38ClN3O3/c1-17-15-33-16-22(17)11-25(31)28-24-12-23(27)10-21(19(24)3)14-29-8-9-30(18(2)13-29)26(32)20-6-4-5-7-20/h10,12,17-18,20,22H,4-9,11,13-16H2,1-3H3,(H,28,31). The van der Waals surface area contributed by atoms with Crippen molar-refractivity contribution in [2.45, 2.75) is 65.5 Å². The van der Waals surface area contributed by atoms with Crippen LogP contribution < -0.4 is 5.32 Å². The molecule has 1 N–H and O–H groups in total. The average Bonchev–Trinajstić information content (AvgIpc) is 3.43. The number of hydrogen-bond donors (Lipinski definition) is 1. The number of hydrogen-bond acceptors (Lipinski definition) is 4. The molecule has 1 aliphatic carbocycles. The van der Waals surface area contributed by atoms with Gasteiger partial charge in [0.15, 0.2) is 0 Å². The summed E-state index contributed by atoms with van der Waals surface area (Å²) in [6.45, 7) is 11.0. The Morgan fingerprint density at radius 3 is 2.58 bits per heavy atom. The van der Waals surface area contributed by atoms with E-state index in [-0.39, 0.29) is 23.8 Å². The minimum absolute atomic E-state index is 0.0151. The number of piperazine rings is 1. The number of rotatable bonds is 6. The van der Waals surface area contributed by atoms with Crippen molar-refractivity contribution in [3.63, 3.8) is 0 Å². The molecule has 3 aliphatic rings. The summed E-state index contributed by atoms with van der Waals surface area (Å²) in [5.41, 5.74) is 2.97. The van der Waals surface area contributed by atoms with Crippen LogP contribution >= 0.6 is 11.6 Å². The second-order valence-electron chi connectivity index (χ2n) is 10.4. The van der Waals surface area contributed by atoms with Crippen molar-refractivity contribution in [3.05, 3.63) is 28.3 Å². The summed E-state index contributed by atoms with van der Waals surface area (Å²) in [7, 11) is 0. The summed E-state index contributed by atoms with van der Waals surface area (Å²) in [5, 5.41) is 3.72. The van der Waals surface area contributed by atoms with Crippen molar-refractivity contribution in [2.24, 2.45) is 17.8 Å². The average molecular weight is 476 g/mol. The zero-order valence-corrected chi connectivity index (χ0v) is 21.0. The Morgan fingerprint density at radius 2 is 1.91 bits per heavy atom. The lowest BCUT2D eigenvalue weighted by molar-refractivity contribution is -0.140. The van der Waals surface area contributed by atoms with E-state index in [1.807, 2.05) is 19.1 Å². The minimum atomic E-state index is 0.0151. The highest BCUT2D eigenvalue weighted by Crippen LogP contribution is 2.30. The first kappa shape index (κ1) is 24.5.